The number of anilines is 1. The first-order chi connectivity index (χ1) is 12.6. The summed E-state index contributed by atoms with van der Waals surface area (Å²) in [6.45, 7) is 0.483. The van der Waals surface area contributed by atoms with Crippen LogP contribution in [0.1, 0.15) is 23.3 Å². The van der Waals surface area contributed by atoms with E-state index in [1.807, 2.05) is 0 Å². The number of nitriles is 1. The Morgan fingerprint density at radius 1 is 1.58 bits per heavy atom. The fourth-order valence-corrected chi connectivity index (χ4v) is 3.33. The monoisotopic (exact) mass is 369 g/mol. The van der Waals surface area contributed by atoms with Gasteiger partial charge in [-0.15, -0.1) is 16.4 Å². The number of aromatic nitrogens is 5. The molecule has 0 aliphatic heterocycles. The predicted octanol–water partition coefficient (Wildman–Crippen LogP) is 2.29. The molecule has 4 rings (SSSR count). The van der Waals surface area contributed by atoms with Crippen molar-refractivity contribution in [2.75, 3.05) is 12.4 Å². The Kier molecular flexibility index (Phi) is 3.93. The van der Waals surface area contributed by atoms with Crippen LogP contribution in [0.25, 0.3) is 10.6 Å². The molecule has 0 unspecified atom stereocenters. The maximum atomic E-state index is 12.5. The molecule has 3 aromatic rings. The summed E-state index contributed by atoms with van der Waals surface area (Å²) in [5, 5.41) is 25.3. The van der Waals surface area contributed by atoms with Crippen molar-refractivity contribution in [1.82, 2.24) is 25.0 Å². The lowest BCUT2D eigenvalue weighted by Crippen LogP contribution is -2.12. The number of H-pyrrole nitrogens is 1. The Labute approximate surface area is 152 Å². The van der Waals surface area contributed by atoms with Crippen LogP contribution >= 0.6 is 11.3 Å². The molecule has 0 atom stereocenters. The summed E-state index contributed by atoms with van der Waals surface area (Å²) >= 11 is 1.36. The smallest absolute Gasteiger partial charge is 0.275 e. The molecule has 26 heavy (non-hydrogen) atoms. The van der Waals surface area contributed by atoms with E-state index in [0.29, 0.717) is 28.8 Å². The topological polar surface area (TPSA) is 122 Å². The third-order valence-corrected chi connectivity index (χ3v) is 5.10. The Bertz CT molecular complexity index is 979. The summed E-state index contributed by atoms with van der Waals surface area (Å²) < 4.78 is 6.88. The number of carbonyl (C=O) groups is 1. The Hall–Kier alpha value is -3.19. The van der Waals surface area contributed by atoms with E-state index in [-0.39, 0.29) is 11.3 Å². The molecule has 0 spiro atoms. The number of thiazole rings is 1. The third-order valence-electron chi connectivity index (χ3n) is 4.21. The van der Waals surface area contributed by atoms with Gasteiger partial charge in [0.15, 0.2) is 0 Å². The minimum atomic E-state index is -0.352. The molecule has 2 N–H and O–H groups in total. The highest BCUT2D eigenvalue weighted by molar-refractivity contribution is 7.13. The van der Waals surface area contributed by atoms with Gasteiger partial charge in [-0.1, -0.05) is 0 Å². The number of nitrogens with zero attached hydrogens (tertiary/aromatic N) is 5. The number of carbonyl (C=O) groups excluding carboxylic acids is 1. The van der Waals surface area contributed by atoms with E-state index in [9.17, 15) is 10.1 Å². The summed E-state index contributed by atoms with van der Waals surface area (Å²) in [5.74, 6) is -0.0485. The van der Waals surface area contributed by atoms with E-state index >= 15 is 0 Å². The van der Waals surface area contributed by atoms with Gasteiger partial charge in [0, 0.05) is 17.1 Å². The molecule has 1 aliphatic carbocycles. The van der Waals surface area contributed by atoms with Crippen LogP contribution in [-0.4, -0.2) is 38.0 Å². The van der Waals surface area contributed by atoms with E-state index in [1.54, 1.807) is 28.7 Å². The van der Waals surface area contributed by atoms with Gasteiger partial charge in [-0.25, -0.2) is 4.98 Å². The quantitative estimate of drug-likeness (QED) is 0.687. The second-order valence-electron chi connectivity index (χ2n) is 6.12. The molecule has 1 amide bonds. The maximum Gasteiger partial charge on any atom is 0.275 e. The predicted molar refractivity (Wildman–Crippen MR) is 93.7 cm³/mol. The highest BCUT2D eigenvalue weighted by Crippen LogP contribution is 2.46. The van der Waals surface area contributed by atoms with E-state index in [0.717, 1.165) is 18.4 Å². The molecule has 3 aromatic heterocycles. The number of nitrogens with one attached hydrogen (secondary N) is 2. The lowest BCUT2D eigenvalue weighted by molar-refractivity contribution is 0.102. The van der Waals surface area contributed by atoms with Crippen LogP contribution < -0.4 is 10.1 Å². The fourth-order valence-electron chi connectivity index (χ4n) is 2.55. The van der Waals surface area contributed by atoms with Crippen molar-refractivity contribution >= 4 is 22.9 Å². The number of hydrogen-bond acceptors (Lipinski definition) is 7. The van der Waals surface area contributed by atoms with Crippen LogP contribution in [0.5, 0.6) is 5.88 Å². The zero-order chi connectivity index (χ0) is 18.1. The second kappa shape index (κ2) is 6.27. The van der Waals surface area contributed by atoms with Crippen molar-refractivity contribution < 1.29 is 9.53 Å². The van der Waals surface area contributed by atoms with Crippen molar-refractivity contribution in [3.63, 3.8) is 0 Å². The fraction of sp³-hybridized carbons (Fsp3) is 0.312. The van der Waals surface area contributed by atoms with Gasteiger partial charge in [0.1, 0.15) is 16.4 Å². The first-order valence-electron chi connectivity index (χ1n) is 7.91. The van der Waals surface area contributed by atoms with Gasteiger partial charge in [-0.3, -0.25) is 14.6 Å². The van der Waals surface area contributed by atoms with Crippen LogP contribution in [0, 0.1) is 16.7 Å². The Morgan fingerprint density at radius 2 is 2.42 bits per heavy atom. The minimum absolute atomic E-state index is 0.302. The molecule has 132 valence electrons. The highest BCUT2D eigenvalue weighted by Gasteiger charge is 2.44. The maximum absolute atomic E-state index is 12.5. The summed E-state index contributed by atoms with van der Waals surface area (Å²) in [6, 6.07) is 2.33. The first-order valence-corrected chi connectivity index (χ1v) is 8.79. The highest BCUT2D eigenvalue weighted by atomic mass is 32.1. The summed E-state index contributed by atoms with van der Waals surface area (Å²) in [5.41, 5.74) is 1.23. The van der Waals surface area contributed by atoms with Crippen LogP contribution in [-0.2, 0) is 6.54 Å². The van der Waals surface area contributed by atoms with Crippen molar-refractivity contribution in [1.29, 1.82) is 5.26 Å². The lowest BCUT2D eigenvalue weighted by Gasteiger charge is -2.04. The summed E-state index contributed by atoms with van der Waals surface area (Å²) in [7, 11) is 1.49. The minimum Gasteiger partial charge on any atom is -0.478 e. The molecular formula is C16H15N7O2S. The van der Waals surface area contributed by atoms with Crippen molar-refractivity contribution in [2.45, 2.75) is 19.4 Å². The van der Waals surface area contributed by atoms with Gasteiger partial charge in [-0.2, -0.15) is 10.4 Å². The molecule has 10 heteroatoms. The molecule has 1 saturated carbocycles. The molecule has 0 bridgehead atoms. The average Bonchev–Trinajstić information content (AvgIpc) is 3.09. The number of ether oxygens (including phenoxy) is 1. The van der Waals surface area contributed by atoms with Crippen LogP contribution in [0.15, 0.2) is 24.0 Å². The number of hydrogen-bond donors (Lipinski definition) is 2. The van der Waals surface area contributed by atoms with E-state index < -0.39 is 0 Å². The molecule has 3 heterocycles. The number of amides is 1. The van der Waals surface area contributed by atoms with Gasteiger partial charge in [0.05, 0.1) is 37.5 Å². The molecular weight excluding hydrogens is 354 g/mol. The second-order valence-corrected chi connectivity index (χ2v) is 6.98. The third kappa shape index (κ3) is 3.04. The van der Waals surface area contributed by atoms with Crippen LogP contribution in [0.3, 0.4) is 0 Å². The van der Waals surface area contributed by atoms with Crippen molar-refractivity contribution in [3.8, 4) is 22.5 Å². The van der Waals surface area contributed by atoms with Gasteiger partial charge in [-0.05, 0) is 12.8 Å². The molecule has 0 aromatic carbocycles. The standard InChI is InChI=1S/C16H15N7O2S/c1-25-14-11(6-23(22-14)9-16(8-17)2-3-16)20-13(24)12-7-26-15(21-12)10-4-18-19-5-10/h4-7H,2-3,9H2,1H3,(H,18,19)(H,20,24). The lowest BCUT2D eigenvalue weighted by atomic mass is 10.1. The van der Waals surface area contributed by atoms with Gasteiger partial charge in [0.2, 0.25) is 0 Å². The molecule has 1 fully saturated rings. The number of aromatic amines is 1. The van der Waals surface area contributed by atoms with Crippen molar-refractivity contribution in [3.05, 3.63) is 29.7 Å². The Balaban J connectivity index is 1.50. The number of methoxy groups -OCH3 is 1. The molecule has 1 aliphatic rings. The van der Waals surface area contributed by atoms with Gasteiger partial charge in [0.25, 0.3) is 11.8 Å². The van der Waals surface area contributed by atoms with Gasteiger partial charge >= 0.3 is 0 Å². The van der Waals surface area contributed by atoms with Crippen LogP contribution in [0.4, 0.5) is 5.69 Å². The largest absolute Gasteiger partial charge is 0.478 e. The zero-order valence-electron chi connectivity index (χ0n) is 13.9. The van der Waals surface area contributed by atoms with Crippen molar-refractivity contribution in [2.24, 2.45) is 5.41 Å². The SMILES string of the molecule is COc1nn(CC2(C#N)CC2)cc1NC(=O)c1csc(-c2cn[nH]c2)n1. The normalized spacial score (nSPS) is 14.6. The van der Waals surface area contributed by atoms with Crippen LogP contribution in [0.2, 0.25) is 0 Å². The van der Waals surface area contributed by atoms with E-state index in [4.69, 9.17) is 4.74 Å². The van der Waals surface area contributed by atoms with E-state index in [2.05, 4.69) is 31.7 Å². The average molecular weight is 369 g/mol. The molecule has 9 nitrogen and oxygen atoms in total. The Morgan fingerprint density at radius 3 is 3.08 bits per heavy atom. The molecule has 0 saturated heterocycles. The summed E-state index contributed by atoms with van der Waals surface area (Å²) in [4.78, 5) is 16.8. The zero-order valence-corrected chi connectivity index (χ0v) is 14.7. The van der Waals surface area contributed by atoms with Gasteiger partial charge < -0.3 is 10.1 Å². The molecule has 0 radical (unpaired) electrons. The summed E-state index contributed by atoms with van der Waals surface area (Å²) in [6.07, 6.45) is 6.77. The van der Waals surface area contributed by atoms with E-state index in [1.165, 1.54) is 18.4 Å². The first kappa shape index (κ1) is 16.3. The number of rotatable bonds is 6.